The molecular formula is C26H32OS. The number of ether oxygens (including phenoxy) is 1. The van der Waals surface area contributed by atoms with Crippen LogP contribution >= 0.6 is 11.3 Å². The summed E-state index contributed by atoms with van der Waals surface area (Å²) in [7, 11) is 0. The Kier molecular flexibility index (Phi) is 8.17. The van der Waals surface area contributed by atoms with E-state index in [1.165, 1.54) is 65.7 Å². The van der Waals surface area contributed by atoms with Crippen LogP contribution in [0.4, 0.5) is 0 Å². The van der Waals surface area contributed by atoms with Crippen molar-refractivity contribution in [3.05, 3.63) is 66.2 Å². The molecule has 2 heteroatoms. The summed E-state index contributed by atoms with van der Waals surface area (Å²) in [5, 5.41) is 1.02. The van der Waals surface area contributed by atoms with Crippen molar-refractivity contribution in [3.63, 3.8) is 0 Å². The van der Waals surface area contributed by atoms with E-state index < -0.39 is 0 Å². The SMILES string of the molecule is CCCCCCc1ccc(-c2ccc(-c3ccc(OCCCC)s3)cc2)cc1. The minimum absolute atomic E-state index is 0.810. The van der Waals surface area contributed by atoms with Gasteiger partial charge in [-0.25, -0.2) is 0 Å². The predicted molar refractivity (Wildman–Crippen MR) is 123 cm³/mol. The molecule has 2 aromatic carbocycles. The fourth-order valence-electron chi connectivity index (χ4n) is 3.32. The van der Waals surface area contributed by atoms with Crippen LogP contribution < -0.4 is 4.74 Å². The Bertz CT molecular complexity index is 814. The summed E-state index contributed by atoms with van der Waals surface area (Å²) in [5.74, 6) is 0. The largest absolute Gasteiger partial charge is 0.484 e. The second-order valence-corrected chi connectivity index (χ2v) is 8.45. The van der Waals surface area contributed by atoms with Gasteiger partial charge in [0, 0.05) is 4.88 Å². The molecule has 0 N–H and O–H groups in total. The maximum atomic E-state index is 5.81. The number of aryl methyl sites for hydroxylation is 1. The Labute approximate surface area is 174 Å². The van der Waals surface area contributed by atoms with Crippen LogP contribution in [-0.2, 0) is 6.42 Å². The summed E-state index contributed by atoms with van der Waals surface area (Å²) in [6, 6.07) is 22.2. The van der Waals surface area contributed by atoms with Gasteiger partial charge in [-0.2, -0.15) is 0 Å². The van der Waals surface area contributed by atoms with E-state index in [9.17, 15) is 0 Å². The van der Waals surface area contributed by atoms with Gasteiger partial charge in [-0.15, -0.1) is 0 Å². The molecule has 3 aromatic rings. The van der Waals surface area contributed by atoms with E-state index >= 15 is 0 Å². The smallest absolute Gasteiger partial charge is 0.174 e. The lowest BCUT2D eigenvalue weighted by Crippen LogP contribution is -1.93. The van der Waals surface area contributed by atoms with E-state index in [0.29, 0.717) is 0 Å². The van der Waals surface area contributed by atoms with E-state index in [4.69, 9.17) is 4.74 Å². The molecule has 0 amide bonds. The van der Waals surface area contributed by atoms with Gasteiger partial charge in [-0.1, -0.05) is 99.4 Å². The first kappa shape index (κ1) is 20.7. The van der Waals surface area contributed by atoms with Crippen molar-refractivity contribution in [3.8, 4) is 26.6 Å². The number of hydrogen-bond donors (Lipinski definition) is 0. The van der Waals surface area contributed by atoms with E-state index in [-0.39, 0.29) is 0 Å². The van der Waals surface area contributed by atoms with Gasteiger partial charge in [0.05, 0.1) is 6.61 Å². The van der Waals surface area contributed by atoms with Gasteiger partial charge in [0.25, 0.3) is 0 Å². The third-order valence-electron chi connectivity index (χ3n) is 5.10. The molecule has 0 atom stereocenters. The highest BCUT2D eigenvalue weighted by Gasteiger charge is 2.05. The summed E-state index contributed by atoms with van der Waals surface area (Å²) in [6.45, 7) is 5.26. The number of unbranched alkanes of at least 4 members (excludes halogenated alkanes) is 4. The van der Waals surface area contributed by atoms with Crippen LogP contribution in [0.2, 0.25) is 0 Å². The molecule has 1 aromatic heterocycles. The summed E-state index contributed by atoms with van der Waals surface area (Å²) >= 11 is 1.73. The van der Waals surface area contributed by atoms with E-state index in [1.54, 1.807) is 11.3 Å². The number of hydrogen-bond acceptors (Lipinski definition) is 2. The molecule has 0 aliphatic carbocycles. The number of thiophene rings is 1. The predicted octanol–water partition coefficient (Wildman–Crippen LogP) is 8.38. The van der Waals surface area contributed by atoms with E-state index in [1.807, 2.05) is 0 Å². The molecular weight excluding hydrogens is 360 g/mol. The molecule has 0 saturated heterocycles. The molecule has 0 fully saturated rings. The fourth-order valence-corrected chi connectivity index (χ4v) is 4.20. The number of benzene rings is 2. The second-order valence-electron chi connectivity index (χ2n) is 7.41. The minimum Gasteiger partial charge on any atom is -0.484 e. The normalized spacial score (nSPS) is 10.9. The highest BCUT2D eigenvalue weighted by Crippen LogP contribution is 2.34. The second kappa shape index (κ2) is 11.1. The molecule has 0 radical (unpaired) electrons. The summed E-state index contributed by atoms with van der Waals surface area (Å²) in [6.07, 6.45) is 8.76. The van der Waals surface area contributed by atoms with Crippen LogP contribution in [0.15, 0.2) is 60.7 Å². The number of rotatable bonds is 11. The highest BCUT2D eigenvalue weighted by atomic mass is 32.1. The molecule has 0 aliphatic heterocycles. The third kappa shape index (κ3) is 5.97. The van der Waals surface area contributed by atoms with Crippen molar-refractivity contribution >= 4 is 11.3 Å². The first-order chi connectivity index (χ1) is 13.8. The zero-order valence-corrected chi connectivity index (χ0v) is 18.1. The maximum absolute atomic E-state index is 5.81. The molecule has 0 bridgehead atoms. The molecule has 148 valence electrons. The van der Waals surface area contributed by atoms with Gasteiger partial charge in [-0.3, -0.25) is 0 Å². The molecule has 0 aliphatic rings. The van der Waals surface area contributed by atoms with Crippen molar-refractivity contribution in [1.29, 1.82) is 0 Å². The van der Waals surface area contributed by atoms with Gasteiger partial charge in [0.2, 0.25) is 0 Å². The van der Waals surface area contributed by atoms with Crippen molar-refractivity contribution in [2.45, 2.75) is 58.8 Å². The Balaban J connectivity index is 1.59. The van der Waals surface area contributed by atoms with Gasteiger partial charge in [-0.05, 0) is 53.6 Å². The quantitative estimate of drug-likeness (QED) is 0.298. The van der Waals surface area contributed by atoms with Gasteiger partial charge in [0.15, 0.2) is 5.06 Å². The van der Waals surface area contributed by atoms with Crippen LogP contribution in [0.25, 0.3) is 21.6 Å². The first-order valence-electron chi connectivity index (χ1n) is 10.7. The fraction of sp³-hybridized carbons (Fsp3) is 0.385. The average Bonchev–Trinajstić information content (AvgIpc) is 3.21. The Morgan fingerprint density at radius 1 is 0.643 bits per heavy atom. The van der Waals surface area contributed by atoms with Crippen LogP contribution in [0, 0.1) is 0 Å². The van der Waals surface area contributed by atoms with Crippen LogP contribution in [-0.4, -0.2) is 6.61 Å². The molecule has 1 nitrogen and oxygen atoms in total. The van der Waals surface area contributed by atoms with Crippen LogP contribution in [0.5, 0.6) is 5.06 Å². The lowest BCUT2D eigenvalue weighted by molar-refractivity contribution is 0.318. The lowest BCUT2D eigenvalue weighted by Gasteiger charge is -2.06. The summed E-state index contributed by atoms with van der Waals surface area (Å²) in [5.41, 5.74) is 5.27. The molecule has 3 rings (SSSR count). The highest BCUT2D eigenvalue weighted by molar-refractivity contribution is 7.17. The zero-order valence-electron chi connectivity index (χ0n) is 17.2. The summed E-state index contributed by atoms with van der Waals surface area (Å²) < 4.78 is 5.81. The van der Waals surface area contributed by atoms with E-state index in [2.05, 4.69) is 74.5 Å². The lowest BCUT2D eigenvalue weighted by atomic mass is 10.00. The molecule has 0 unspecified atom stereocenters. The topological polar surface area (TPSA) is 9.23 Å². The summed E-state index contributed by atoms with van der Waals surface area (Å²) in [4.78, 5) is 1.26. The minimum atomic E-state index is 0.810. The molecule has 1 heterocycles. The first-order valence-corrected chi connectivity index (χ1v) is 11.5. The van der Waals surface area contributed by atoms with Crippen molar-refractivity contribution in [2.24, 2.45) is 0 Å². The average molecular weight is 393 g/mol. The van der Waals surface area contributed by atoms with Gasteiger partial charge < -0.3 is 4.74 Å². The van der Waals surface area contributed by atoms with Gasteiger partial charge in [0.1, 0.15) is 0 Å². The molecule has 0 saturated carbocycles. The monoisotopic (exact) mass is 392 g/mol. The van der Waals surface area contributed by atoms with Gasteiger partial charge >= 0.3 is 0 Å². The maximum Gasteiger partial charge on any atom is 0.174 e. The Hall–Kier alpha value is -2.06. The zero-order chi connectivity index (χ0) is 19.6. The van der Waals surface area contributed by atoms with Crippen molar-refractivity contribution in [1.82, 2.24) is 0 Å². The van der Waals surface area contributed by atoms with Crippen molar-refractivity contribution < 1.29 is 4.74 Å². The van der Waals surface area contributed by atoms with Crippen LogP contribution in [0.1, 0.15) is 57.9 Å². The molecule has 28 heavy (non-hydrogen) atoms. The Morgan fingerprint density at radius 3 is 1.96 bits per heavy atom. The Morgan fingerprint density at radius 2 is 1.29 bits per heavy atom. The third-order valence-corrected chi connectivity index (χ3v) is 6.15. The standard InChI is InChI=1S/C26H32OS/c1-3-5-7-8-9-21-10-12-22(13-11-21)23-14-16-24(17-15-23)25-18-19-26(28-25)27-20-6-4-2/h10-19H,3-9,20H2,1-2H3. The van der Waals surface area contributed by atoms with Crippen molar-refractivity contribution in [2.75, 3.05) is 6.61 Å². The molecule has 0 spiro atoms. The van der Waals surface area contributed by atoms with E-state index in [0.717, 1.165) is 18.1 Å². The van der Waals surface area contributed by atoms with Crippen LogP contribution in [0.3, 0.4) is 0 Å².